The molecule has 0 atom stereocenters. The molecule has 0 fully saturated rings. The Bertz CT molecular complexity index is 1220. The van der Waals surface area contributed by atoms with Crippen LogP contribution in [0.5, 0.6) is 0 Å². The first kappa shape index (κ1) is 21.5. The Balaban J connectivity index is 1.23. The van der Waals surface area contributed by atoms with Crippen LogP contribution < -0.4 is 4.72 Å². The normalized spacial score (nSPS) is 13.7. The summed E-state index contributed by atoms with van der Waals surface area (Å²) in [6, 6.07) is 14.3. The Morgan fingerprint density at radius 1 is 1.10 bits per heavy atom. The quantitative estimate of drug-likeness (QED) is 0.550. The summed E-state index contributed by atoms with van der Waals surface area (Å²) >= 11 is 1.69. The van der Waals surface area contributed by atoms with Crippen LogP contribution in [0.2, 0.25) is 0 Å². The third-order valence-electron chi connectivity index (χ3n) is 5.17. The number of benzene rings is 2. The fourth-order valence-electron chi connectivity index (χ4n) is 3.47. The van der Waals surface area contributed by atoms with Gasteiger partial charge in [0.1, 0.15) is 0 Å². The molecule has 1 amide bonds. The second-order valence-electron chi connectivity index (χ2n) is 7.25. The van der Waals surface area contributed by atoms with Gasteiger partial charge in [0.2, 0.25) is 10.0 Å². The van der Waals surface area contributed by atoms with E-state index < -0.39 is 16.0 Å². The average molecular weight is 459 g/mol. The van der Waals surface area contributed by atoms with Crippen LogP contribution in [0.3, 0.4) is 0 Å². The van der Waals surface area contributed by atoms with Crippen molar-refractivity contribution >= 4 is 44.0 Å². The molecule has 0 saturated heterocycles. The van der Waals surface area contributed by atoms with Gasteiger partial charge in [-0.2, -0.15) is 0 Å². The first-order chi connectivity index (χ1) is 14.9. The Morgan fingerprint density at radius 3 is 2.74 bits per heavy atom. The van der Waals surface area contributed by atoms with Gasteiger partial charge in [-0.15, -0.1) is 11.3 Å². The molecule has 4 rings (SSSR count). The first-order valence-electron chi connectivity index (χ1n) is 9.89. The lowest BCUT2D eigenvalue weighted by Crippen LogP contribution is -2.38. The average Bonchev–Trinajstić information content (AvgIpc) is 3.25. The maximum atomic E-state index is 12.5. The van der Waals surface area contributed by atoms with Crippen LogP contribution in [0.1, 0.15) is 16.9 Å². The maximum Gasteiger partial charge on any atom is 0.307 e. The summed E-state index contributed by atoms with van der Waals surface area (Å²) in [5.74, 6) is -0.871. The van der Waals surface area contributed by atoms with Gasteiger partial charge >= 0.3 is 5.97 Å². The van der Waals surface area contributed by atoms with E-state index in [0.29, 0.717) is 13.1 Å². The molecule has 0 saturated carbocycles. The van der Waals surface area contributed by atoms with Crippen LogP contribution >= 0.6 is 11.3 Å². The summed E-state index contributed by atoms with van der Waals surface area (Å²) in [6.45, 7) is 0.691. The fraction of sp³-hybridized carbons (Fsp3) is 0.273. The molecule has 1 aromatic heterocycles. The largest absolute Gasteiger partial charge is 0.456 e. The highest BCUT2D eigenvalue weighted by Crippen LogP contribution is 2.24. The molecule has 2 aromatic carbocycles. The van der Waals surface area contributed by atoms with Crippen molar-refractivity contribution in [3.63, 3.8) is 0 Å². The molecule has 0 bridgehead atoms. The molecule has 0 radical (unpaired) electrons. The van der Waals surface area contributed by atoms with Crippen molar-refractivity contribution in [1.82, 2.24) is 9.62 Å². The van der Waals surface area contributed by atoms with E-state index in [1.54, 1.807) is 28.4 Å². The van der Waals surface area contributed by atoms with E-state index in [2.05, 4.69) is 4.72 Å². The third kappa shape index (κ3) is 5.12. The summed E-state index contributed by atoms with van der Waals surface area (Å²) in [4.78, 5) is 27.4. The first-order valence-corrected chi connectivity index (χ1v) is 12.3. The van der Waals surface area contributed by atoms with E-state index in [-0.39, 0.29) is 30.4 Å². The van der Waals surface area contributed by atoms with Gasteiger partial charge in [-0.1, -0.05) is 30.3 Å². The molecule has 3 aromatic rings. The van der Waals surface area contributed by atoms with E-state index in [4.69, 9.17) is 4.74 Å². The molecular weight excluding hydrogens is 436 g/mol. The van der Waals surface area contributed by atoms with Gasteiger partial charge in [-0.05, 0) is 46.3 Å². The summed E-state index contributed by atoms with van der Waals surface area (Å²) in [6.07, 6.45) is 0.651. The topological polar surface area (TPSA) is 92.8 Å². The molecule has 1 aliphatic rings. The zero-order valence-electron chi connectivity index (χ0n) is 16.7. The van der Waals surface area contributed by atoms with Gasteiger partial charge in [0, 0.05) is 24.5 Å². The zero-order valence-corrected chi connectivity index (χ0v) is 18.4. The van der Waals surface area contributed by atoms with Crippen molar-refractivity contribution in [2.75, 3.05) is 19.7 Å². The summed E-state index contributed by atoms with van der Waals surface area (Å²) < 4.78 is 32.4. The smallest absolute Gasteiger partial charge is 0.307 e. The molecular formula is C22H22N2O5S2. The minimum atomic E-state index is -3.75. The van der Waals surface area contributed by atoms with Crippen molar-refractivity contribution in [1.29, 1.82) is 0 Å². The lowest BCUT2D eigenvalue weighted by Gasteiger charge is -2.26. The predicted octanol–water partition coefficient (Wildman–Crippen LogP) is 2.70. The lowest BCUT2D eigenvalue weighted by atomic mass is 10.1. The number of esters is 1. The molecule has 0 aliphatic carbocycles. The number of hydrogen-bond acceptors (Lipinski definition) is 6. The minimum Gasteiger partial charge on any atom is -0.456 e. The molecule has 7 nitrogen and oxygen atoms in total. The molecule has 31 heavy (non-hydrogen) atoms. The Morgan fingerprint density at radius 2 is 1.90 bits per heavy atom. The Kier molecular flexibility index (Phi) is 6.35. The van der Waals surface area contributed by atoms with Crippen LogP contribution in [0, 0.1) is 0 Å². The van der Waals surface area contributed by atoms with Crippen molar-refractivity contribution in [3.8, 4) is 0 Å². The van der Waals surface area contributed by atoms with Crippen molar-refractivity contribution in [2.24, 2.45) is 0 Å². The van der Waals surface area contributed by atoms with Crippen LogP contribution in [0.15, 0.2) is 58.8 Å². The number of fused-ring (bicyclic) bond motifs is 2. The Hall–Kier alpha value is -2.75. The summed E-state index contributed by atoms with van der Waals surface area (Å²) in [5.41, 5.74) is 1.14. The number of sulfonamides is 1. The monoisotopic (exact) mass is 458 g/mol. The zero-order chi connectivity index (χ0) is 21.8. The molecule has 1 aliphatic heterocycles. The number of carbonyl (C=O) groups is 2. The molecule has 2 heterocycles. The maximum absolute atomic E-state index is 12.5. The minimum absolute atomic E-state index is 0.107. The van der Waals surface area contributed by atoms with Gasteiger partial charge in [-0.25, -0.2) is 13.1 Å². The molecule has 1 N–H and O–H groups in total. The van der Waals surface area contributed by atoms with E-state index in [1.165, 1.54) is 10.9 Å². The van der Waals surface area contributed by atoms with Crippen LogP contribution in [0.25, 0.3) is 10.8 Å². The second-order valence-corrected chi connectivity index (χ2v) is 10.0. The SMILES string of the molecule is O=C(CCNS(=O)(=O)c1ccc2ccccc2c1)OCC(=O)N1CCc2sccc2C1. The van der Waals surface area contributed by atoms with Crippen molar-refractivity contribution in [3.05, 3.63) is 64.4 Å². The molecule has 0 spiro atoms. The third-order valence-corrected chi connectivity index (χ3v) is 7.65. The molecule has 162 valence electrons. The summed E-state index contributed by atoms with van der Waals surface area (Å²) in [5, 5.41) is 3.77. The number of ether oxygens (including phenoxy) is 1. The van der Waals surface area contributed by atoms with E-state index in [1.807, 2.05) is 35.7 Å². The second kappa shape index (κ2) is 9.17. The Labute approximate surface area is 184 Å². The number of thiophene rings is 1. The highest BCUT2D eigenvalue weighted by molar-refractivity contribution is 7.89. The van der Waals surface area contributed by atoms with Gasteiger partial charge in [0.15, 0.2) is 6.61 Å². The van der Waals surface area contributed by atoms with Crippen LogP contribution in [-0.2, 0) is 37.3 Å². The van der Waals surface area contributed by atoms with E-state index in [0.717, 1.165) is 22.8 Å². The van der Waals surface area contributed by atoms with Crippen LogP contribution in [-0.4, -0.2) is 44.9 Å². The molecule has 0 unspecified atom stereocenters. The van der Waals surface area contributed by atoms with Gasteiger partial charge in [0.05, 0.1) is 11.3 Å². The number of amides is 1. The van der Waals surface area contributed by atoms with E-state index >= 15 is 0 Å². The predicted molar refractivity (Wildman–Crippen MR) is 118 cm³/mol. The van der Waals surface area contributed by atoms with Crippen molar-refractivity contribution < 1.29 is 22.7 Å². The van der Waals surface area contributed by atoms with E-state index in [9.17, 15) is 18.0 Å². The van der Waals surface area contributed by atoms with Gasteiger partial charge < -0.3 is 9.64 Å². The number of hydrogen-bond donors (Lipinski definition) is 1. The molecule has 9 heteroatoms. The standard InChI is InChI=1S/C22H22N2O5S2/c25-21(24-11-8-20-18(14-24)9-12-30-20)15-29-22(26)7-10-23-31(27,28)19-6-5-16-3-1-2-4-17(16)13-19/h1-6,9,12-13,23H,7-8,10-11,14-15H2. The highest BCUT2D eigenvalue weighted by Gasteiger charge is 2.22. The number of rotatable bonds is 7. The van der Waals surface area contributed by atoms with Crippen LogP contribution in [0.4, 0.5) is 0 Å². The lowest BCUT2D eigenvalue weighted by molar-refractivity contribution is -0.152. The summed E-state index contributed by atoms with van der Waals surface area (Å²) in [7, 11) is -3.75. The van der Waals surface area contributed by atoms with Gasteiger partial charge in [-0.3, -0.25) is 9.59 Å². The number of carbonyl (C=O) groups excluding carboxylic acids is 2. The van der Waals surface area contributed by atoms with Crippen molar-refractivity contribution in [2.45, 2.75) is 24.3 Å². The highest BCUT2D eigenvalue weighted by atomic mass is 32.2. The fourth-order valence-corrected chi connectivity index (χ4v) is 5.43. The van der Waals surface area contributed by atoms with Gasteiger partial charge in [0.25, 0.3) is 5.91 Å². The number of nitrogens with zero attached hydrogens (tertiary/aromatic N) is 1. The number of nitrogens with one attached hydrogen (secondary N) is 1.